The maximum atomic E-state index is 14.1. The number of carbonyl (C=O) groups is 3. The van der Waals surface area contributed by atoms with Crippen LogP contribution in [0.3, 0.4) is 0 Å². The molecule has 1 aliphatic heterocycles. The lowest BCUT2D eigenvalue weighted by molar-refractivity contribution is -0.141. The molecule has 206 valence electrons. The van der Waals surface area contributed by atoms with Crippen LogP contribution < -0.4 is 10.6 Å². The van der Waals surface area contributed by atoms with Gasteiger partial charge in [0.25, 0.3) is 0 Å². The molecule has 2 heterocycles. The molecule has 0 aliphatic carbocycles. The van der Waals surface area contributed by atoms with Gasteiger partial charge in [0.15, 0.2) is 0 Å². The smallest absolute Gasteiger partial charge is 0.408 e. The highest BCUT2D eigenvalue weighted by molar-refractivity contribution is 5.92. The molecule has 3 amide bonds. The van der Waals surface area contributed by atoms with Crippen molar-refractivity contribution in [1.82, 2.24) is 20.5 Å². The van der Waals surface area contributed by atoms with Crippen LogP contribution in [0.2, 0.25) is 0 Å². The summed E-state index contributed by atoms with van der Waals surface area (Å²) in [6.45, 7) is 8.87. The molecular weight excluding hydrogens is 491 g/mol. The zero-order chi connectivity index (χ0) is 28.0. The Hall–Kier alpha value is -3.53. The van der Waals surface area contributed by atoms with Crippen molar-refractivity contribution in [3.05, 3.63) is 54.1 Å². The third kappa shape index (κ3) is 7.28. The lowest BCUT2D eigenvalue weighted by Gasteiger charge is -2.31. The van der Waals surface area contributed by atoms with Crippen molar-refractivity contribution in [3.8, 4) is 11.1 Å². The molecular formula is C28H37FN4O5. The van der Waals surface area contributed by atoms with Gasteiger partial charge in [-0.1, -0.05) is 38.1 Å². The fourth-order valence-corrected chi connectivity index (χ4v) is 4.44. The molecule has 0 radical (unpaired) electrons. The van der Waals surface area contributed by atoms with E-state index in [1.165, 1.54) is 11.1 Å². The summed E-state index contributed by atoms with van der Waals surface area (Å²) >= 11 is 0. The first kappa shape index (κ1) is 29.0. The number of pyridine rings is 1. The molecule has 1 aromatic carbocycles. The zero-order valence-electron chi connectivity index (χ0n) is 22.5. The van der Waals surface area contributed by atoms with Crippen LogP contribution in [0.25, 0.3) is 11.1 Å². The standard InChI is InChI=1S/C28H37FN4O5/c1-17(2)24(32-27(37)38-28(3,4)5)26(36)33-14-6-7-23(33)25(35)31-22(16-34)19-10-8-18(9-11-19)20-12-13-30-15-21(20)29/h8-13,15,17,22-24,34H,6-7,14,16H2,1-5H3,(H,31,35)(H,32,37). The van der Waals surface area contributed by atoms with Crippen LogP contribution in [0.1, 0.15) is 59.1 Å². The van der Waals surface area contributed by atoms with E-state index in [1.54, 1.807) is 51.1 Å². The highest BCUT2D eigenvalue weighted by Crippen LogP contribution is 2.25. The molecule has 0 spiro atoms. The molecule has 3 atom stereocenters. The zero-order valence-corrected chi connectivity index (χ0v) is 22.5. The van der Waals surface area contributed by atoms with Crippen molar-refractivity contribution in [2.45, 2.75) is 71.2 Å². The van der Waals surface area contributed by atoms with Gasteiger partial charge in [-0.3, -0.25) is 14.6 Å². The van der Waals surface area contributed by atoms with E-state index in [9.17, 15) is 23.9 Å². The monoisotopic (exact) mass is 528 g/mol. The Morgan fingerprint density at radius 2 is 1.84 bits per heavy atom. The Bertz CT molecular complexity index is 1130. The lowest BCUT2D eigenvalue weighted by Crippen LogP contribution is -2.56. The first-order valence-electron chi connectivity index (χ1n) is 12.8. The van der Waals surface area contributed by atoms with Gasteiger partial charge in [0, 0.05) is 18.3 Å². The third-order valence-electron chi connectivity index (χ3n) is 6.34. The van der Waals surface area contributed by atoms with Gasteiger partial charge >= 0.3 is 6.09 Å². The molecule has 1 aliphatic rings. The summed E-state index contributed by atoms with van der Waals surface area (Å²) < 4.78 is 19.4. The van der Waals surface area contributed by atoms with Crippen molar-refractivity contribution in [2.24, 2.45) is 5.92 Å². The van der Waals surface area contributed by atoms with E-state index in [1.807, 2.05) is 13.8 Å². The van der Waals surface area contributed by atoms with Crippen LogP contribution in [0, 0.1) is 11.7 Å². The lowest BCUT2D eigenvalue weighted by atomic mass is 10.0. The number of nitrogens with zero attached hydrogens (tertiary/aromatic N) is 2. The third-order valence-corrected chi connectivity index (χ3v) is 6.34. The average molecular weight is 529 g/mol. The predicted octanol–water partition coefficient (Wildman–Crippen LogP) is 3.58. The summed E-state index contributed by atoms with van der Waals surface area (Å²) in [4.78, 5) is 44.3. The fraction of sp³-hybridized carbons (Fsp3) is 0.500. The predicted molar refractivity (Wildman–Crippen MR) is 140 cm³/mol. The van der Waals surface area contributed by atoms with Crippen LogP contribution in [0.4, 0.5) is 9.18 Å². The maximum absolute atomic E-state index is 14.1. The summed E-state index contributed by atoms with van der Waals surface area (Å²) in [5.74, 6) is -1.42. The van der Waals surface area contributed by atoms with Crippen molar-refractivity contribution in [2.75, 3.05) is 13.2 Å². The van der Waals surface area contributed by atoms with E-state index in [4.69, 9.17) is 4.74 Å². The Morgan fingerprint density at radius 3 is 2.42 bits per heavy atom. The van der Waals surface area contributed by atoms with Gasteiger partial charge < -0.3 is 25.4 Å². The molecule has 3 rings (SSSR count). The van der Waals surface area contributed by atoms with Crippen molar-refractivity contribution < 1.29 is 28.6 Å². The average Bonchev–Trinajstić information content (AvgIpc) is 3.35. The van der Waals surface area contributed by atoms with E-state index in [0.29, 0.717) is 36.1 Å². The SMILES string of the molecule is CC(C)C(NC(=O)OC(C)(C)C)C(=O)N1CCCC1C(=O)NC(CO)c1ccc(-c2ccncc2F)cc1. The summed E-state index contributed by atoms with van der Waals surface area (Å²) in [6, 6.07) is 6.13. The second kappa shape index (κ2) is 12.3. The summed E-state index contributed by atoms with van der Waals surface area (Å²) in [5, 5.41) is 15.5. The number of hydrogen-bond donors (Lipinski definition) is 3. The number of hydrogen-bond acceptors (Lipinski definition) is 6. The maximum Gasteiger partial charge on any atom is 0.408 e. The van der Waals surface area contributed by atoms with Gasteiger partial charge in [-0.2, -0.15) is 0 Å². The molecule has 10 heteroatoms. The molecule has 0 bridgehead atoms. The summed E-state index contributed by atoms with van der Waals surface area (Å²) in [6.07, 6.45) is 3.05. The molecule has 1 fully saturated rings. The molecule has 1 saturated heterocycles. The van der Waals surface area contributed by atoms with Gasteiger partial charge in [-0.05, 0) is 56.7 Å². The quantitative estimate of drug-likeness (QED) is 0.482. The van der Waals surface area contributed by atoms with Crippen LogP contribution in [0.15, 0.2) is 42.7 Å². The van der Waals surface area contributed by atoms with Gasteiger partial charge in [-0.25, -0.2) is 9.18 Å². The normalized spacial score (nSPS) is 17.2. The number of carbonyl (C=O) groups excluding carboxylic acids is 3. The first-order chi connectivity index (χ1) is 17.9. The van der Waals surface area contributed by atoms with E-state index in [2.05, 4.69) is 15.6 Å². The number of alkyl carbamates (subject to hydrolysis) is 1. The van der Waals surface area contributed by atoms with Crippen LogP contribution in [-0.4, -0.2) is 63.7 Å². The fourth-order valence-electron chi connectivity index (χ4n) is 4.44. The van der Waals surface area contributed by atoms with Gasteiger partial charge in [0.1, 0.15) is 23.5 Å². The van der Waals surface area contributed by atoms with E-state index in [-0.39, 0.29) is 24.3 Å². The number of ether oxygens (including phenoxy) is 1. The Balaban J connectivity index is 1.70. The molecule has 3 unspecified atom stereocenters. The minimum atomic E-state index is -0.854. The first-order valence-corrected chi connectivity index (χ1v) is 12.8. The van der Waals surface area contributed by atoms with E-state index in [0.717, 1.165) is 6.20 Å². The number of halogens is 1. The van der Waals surface area contributed by atoms with Crippen molar-refractivity contribution in [1.29, 1.82) is 0 Å². The molecule has 9 nitrogen and oxygen atoms in total. The molecule has 0 saturated carbocycles. The largest absolute Gasteiger partial charge is 0.444 e. The highest BCUT2D eigenvalue weighted by atomic mass is 19.1. The number of rotatable bonds is 8. The minimum Gasteiger partial charge on any atom is -0.444 e. The molecule has 1 aromatic heterocycles. The van der Waals surface area contributed by atoms with Crippen molar-refractivity contribution >= 4 is 17.9 Å². The van der Waals surface area contributed by atoms with E-state index >= 15 is 0 Å². The van der Waals surface area contributed by atoms with Crippen molar-refractivity contribution in [3.63, 3.8) is 0 Å². The summed E-state index contributed by atoms with van der Waals surface area (Å²) in [5.41, 5.74) is 0.966. The second-order valence-corrected chi connectivity index (χ2v) is 10.8. The van der Waals surface area contributed by atoms with Gasteiger partial charge in [-0.15, -0.1) is 0 Å². The Labute approximate surface area is 222 Å². The van der Waals surface area contributed by atoms with Gasteiger partial charge in [0.2, 0.25) is 11.8 Å². The number of amides is 3. The molecule has 2 aromatic rings. The Morgan fingerprint density at radius 1 is 1.16 bits per heavy atom. The number of nitrogens with one attached hydrogen (secondary N) is 2. The number of likely N-dealkylation sites (tertiary alicyclic amines) is 1. The number of benzene rings is 1. The second-order valence-electron chi connectivity index (χ2n) is 10.8. The minimum absolute atomic E-state index is 0.228. The topological polar surface area (TPSA) is 121 Å². The van der Waals surface area contributed by atoms with Crippen LogP contribution in [0.5, 0.6) is 0 Å². The number of aliphatic hydroxyl groups is 1. The highest BCUT2D eigenvalue weighted by Gasteiger charge is 2.39. The Kier molecular flexibility index (Phi) is 9.43. The molecule has 38 heavy (non-hydrogen) atoms. The molecule has 3 N–H and O–H groups in total. The van der Waals surface area contributed by atoms with E-state index < -0.39 is 35.6 Å². The number of aromatic nitrogens is 1. The van der Waals surface area contributed by atoms with Crippen LogP contribution in [-0.2, 0) is 14.3 Å². The van der Waals surface area contributed by atoms with Crippen LogP contribution >= 0.6 is 0 Å². The number of aliphatic hydroxyl groups excluding tert-OH is 1. The van der Waals surface area contributed by atoms with Gasteiger partial charge in [0.05, 0.1) is 18.8 Å². The summed E-state index contributed by atoms with van der Waals surface area (Å²) in [7, 11) is 0.